The summed E-state index contributed by atoms with van der Waals surface area (Å²) in [6.45, 7) is 2.08. The zero-order valence-electron chi connectivity index (χ0n) is 11.0. The highest BCUT2D eigenvalue weighted by Gasteiger charge is 2.16. The van der Waals surface area contributed by atoms with E-state index >= 15 is 0 Å². The summed E-state index contributed by atoms with van der Waals surface area (Å²) in [4.78, 5) is 0. The van der Waals surface area contributed by atoms with Gasteiger partial charge in [-0.3, -0.25) is 0 Å². The standard InChI is InChI=1S/C13H20FNO2.ClH/c1-4-5-6-11(15)9-7-12(16-2)13(17-3)8-10(9)14;/h7-8,11H,4-6,15H2,1-3H3;1H/t11-;/m0./s1. The van der Waals surface area contributed by atoms with Gasteiger partial charge in [-0.1, -0.05) is 19.8 Å². The minimum absolute atomic E-state index is 0. The summed E-state index contributed by atoms with van der Waals surface area (Å²) in [6.07, 6.45) is 2.79. The lowest BCUT2D eigenvalue weighted by atomic mass is 10.0. The van der Waals surface area contributed by atoms with Gasteiger partial charge in [0.1, 0.15) is 5.82 Å². The molecule has 104 valence electrons. The monoisotopic (exact) mass is 277 g/mol. The van der Waals surface area contributed by atoms with Gasteiger partial charge in [-0.05, 0) is 12.5 Å². The average Bonchev–Trinajstić information content (AvgIpc) is 2.35. The zero-order valence-corrected chi connectivity index (χ0v) is 11.8. The molecule has 0 bridgehead atoms. The van der Waals surface area contributed by atoms with Crippen LogP contribution in [-0.2, 0) is 0 Å². The molecule has 1 aromatic carbocycles. The Bertz CT molecular complexity index is 374. The molecule has 1 rings (SSSR count). The molecule has 5 heteroatoms. The lowest BCUT2D eigenvalue weighted by Crippen LogP contribution is -2.12. The van der Waals surface area contributed by atoms with Crippen LogP contribution in [0.4, 0.5) is 4.39 Å². The number of rotatable bonds is 6. The Morgan fingerprint density at radius 2 is 1.78 bits per heavy atom. The predicted octanol–water partition coefficient (Wildman–Crippen LogP) is 3.45. The molecular weight excluding hydrogens is 257 g/mol. The van der Waals surface area contributed by atoms with Gasteiger partial charge in [0.15, 0.2) is 11.5 Å². The van der Waals surface area contributed by atoms with Crippen LogP contribution in [0.2, 0.25) is 0 Å². The molecule has 0 amide bonds. The van der Waals surface area contributed by atoms with Gasteiger partial charge in [0.25, 0.3) is 0 Å². The van der Waals surface area contributed by atoms with Crippen LogP contribution in [0.25, 0.3) is 0 Å². The fourth-order valence-corrected chi connectivity index (χ4v) is 1.73. The number of halogens is 2. The maximum Gasteiger partial charge on any atom is 0.163 e. The normalized spacial score (nSPS) is 11.6. The summed E-state index contributed by atoms with van der Waals surface area (Å²) in [6, 6.07) is 2.64. The van der Waals surface area contributed by atoms with E-state index in [1.54, 1.807) is 6.07 Å². The van der Waals surface area contributed by atoms with Gasteiger partial charge >= 0.3 is 0 Å². The molecule has 0 aliphatic carbocycles. The van der Waals surface area contributed by atoms with Crippen LogP contribution in [0.5, 0.6) is 11.5 Å². The molecule has 3 nitrogen and oxygen atoms in total. The smallest absolute Gasteiger partial charge is 0.163 e. The first kappa shape index (κ1) is 17.0. The molecule has 18 heavy (non-hydrogen) atoms. The third kappa shape index (κ3) is 4.03. The SMILES string of the molecule is CCCC[C@H](N)c1cc(OC)c(OC)cc1F.Cl. The zero-order chi connectivity index (χ0) is 12.8. The highest BCUT2D eigenvalue weighted by Crippen LogP contribution is 2.32. The molecule has 0 aromatic heterocycles. The van der Waals surface area contributed by atoms with Gasteiger partial charge in [-0.15, -0.1) is 12.4 Å². The molecule has 1 atom stereocenters. The minimum Gasteiger partial charge on any atom is -0.493 e. The van der Waals surface area contributed by atoms with Crippen LogP contribution in [0.1, 0.15) is 37.8 Å². The highest BCUT2D eigenvalue weighted by molar-refractivity contribution is 5.85. The van der Waals surface area contributed by atoms with Crippen molar-refractivity contribution >= 4 is 12.4 Å². The molecule has 0 aliphatic heterocycles. The van der Waals surface area contributed by atoms with Crippen molar-refractivity contribution in [2.45, 2.75) is 32.2 Å². The van der Waals surface area contributed by atoms with Gasteiger partial charge in [0.05, 0.1) is 14.2 Å². The van der Waals surface area contributed by atoms with Crippen LogP contribution in [0.3, 0.4) is 0 Å². The lowest BCUT2D eigenvalue weighted by molar-refractivity contribution is 0.350. The summed E-state index contributed by atoms with van der Waals surface area (Å²) in [5, 5.41) is 0. The van der Waals surface area contributed by atoms with Gasteiger partial charge in [-0.2, -0.15) is 0 Å². The number of benzene rings is 1. The third-order valence-corrected chi connectivity index (χ3v) is 2.77. The average molecular weight is 278 g/mol. The van der Waals surface area contributed by atoms with Crippen molar-refractivity contribution in [1.29, 1.82) is 0 Å². The molecule has 0 unspecified atom stereocenters. The van der Waals surface area contributed by atoms with Crippen LogP contribution in [-0.4, -0.2) is 14.2 Å². The Morgan fingerprint density at radius 3 is 2.28 bits per heavy atom. The highest BCUT2D eigenvalue weighted by atomic mass is 35.5. The molecule has 0 saturated carbocycles. The second kappa shape index (κ2) is 8.16. The van der Waals surface area contributed by atoms with Crippen molar-refractivity contribution in [3.05, 3.63) is 23.5 Å². The molecule has 0 heterocycles. The Balaban J connectivity index is 0.00000289. The first-order valence-corrected chi connectivity index (χ1v) is 5.81. The van der Waals surface area contributed by atoms with Crippen LogP contribution >= 0.6 is 12.4 Å². The molecular formula is C13H21ClFNO2. The van der Waals surface area contributed by atoms with E-state index in [4.69, 9.17) is 15.2 Å². The Kier molecular flexibility index (Phi) is 7.71. The van der Waals surface area contributed by atoms with E-state index < -0.39 is 0 Å². The third-order valence-electron chi connectivity index (χ3n) is 2.77. The maximum absolute atomic E-state index is 13.8. The second-order valence-corrected chi connectivity index (χ2v) is 3.98. The summed E-state index contributed by atoms with van der Waals surface area (Å²) in [5.41, 5.74) is 6.44. The van der Waals surface area contributed by atoms with Crippen molar-refractivity contribution in [2.75, 3.05) is 14.2 Å². The van der Waals surface area contributed by atoms with E-state index in [1.807, 2.05) is 0 Å². The second-order valence-electron chi connectivity index (χ2n) is 3.98. The topological polar surface area (TPSA) is 44.5 Å². The number of unbranched alkanes of at least 4 members (excludes halogenated alkanes) is 1. The summed E-state index contributed by atoms with van der Waals surface area (Å²) in [5.74, 6) is 0.554. The molecule has 2 N–H and O–H groups in total. The van der Waals surface area contributed by atoms with E-state index in [9.17, 15) is 4.39 Å². The molecule has 0 saturated heterocycles. The summed E-state index contributed by atoms with van der Waals surface area (Å²) < 4.78 is 24.0. The molecule has 1 aromatic rings. The minimum atomic E-state index is -0.341. The Labute approximate surface area is 114 Å². The fourth-order valence-electron chi connectivity index (χ4n) is 1.73. The number of hydrogen-bond donors (Lipinski definition) is 1. The molecule has 0 aliphatic rings. The van der Waals surface area contributed by atoms with Crippen molar-refractivity contribution in [3.8, 4) is 11.5 Å². The Hall–Kier alpha value is -1.00. The van der Waals surface area contributed by atoms with Gasteiger partial charge in [-0.25, -0.2) is 4.39 Å². The number of nitrogens with two attached hydrogens (primary N) is 1. The molecule has 0 spiro atoms. The quantitative estimate of drug-likeness (QED) is 0.866. The van der Waals surface area contributed by atoms with Gasteiger partial charge < -0.3 is 15.2 Å². The van der Waals surface area contributed by atoms with Crippen LogP contribution in [0, 0.1) is 5.82 Å². The maximum atomic E-state index is 13.8. The Morgan fingerprint density at radius 1 is 1.22 bits per heavy atom. The largest absolute Gasteiger partial charge is 0.493 e. The molecule has 0 fully saturated rings. The predicted molar refractivity (Wildman–Crippen MR) is 73.2 cm³/mol. The van der Waals surface area contributed by atoms with Gasteiger partial charge in [0.2, 0.25) is 0 Å². The summed E-state index contributed by atoms with van der Waals surface area (Å²) in [7, 11) is 3.01. The van der Waals surface area contributed by atoms with Crippen molar-refractivity contribution in [2.24, 2.45) is 5.73 Å². The van der Waals surface area contributed by atoms with Crippen molar-refractivity contribution in [1.82, 2.24) is 0 Å². The van der Waals surface area contributed by atoms with E-state index in [2.05, 4.69) is 6.92 Å². The van der Waals surface area contributed by atoms with E-state index in [1.165, 1.54) is 20.3 Å². The van der Waals surface area contributed by atoms with Gasteiger partial charge in [0, 0.05) is 17.7 Å². The van der Waals surface area contributed by atoms with E-state index in [0.717, 1.165) is 19.3 Å². The van der Waals surface area contributed by atoms with Crippen molar-refractivity contribution < 1.29 is 13.9 Å². The van der Waals surface area contributed by atoms with Crippen molar-refractivity contribution in [3.63, 3.8) is 0 Å². The number of hydrogen-bond acceptors (Lipinski definition) is 3. The fraction of sp³-hybridized carbons (Fsp3) is 0.538. The lowest BCUT2D eigenvalue weighted by Gasteiger charge is -2.15. The van der Waals surface area contributed by atoms with E-state index in [-0.39, 0.29) is 24.3 Å². The number of methoxy groups -OCH3 is 2. The first-order valence-electron chi connectivity index (χ1n) is 5.81. The summed E-state index contributed by atoms with van der Waals surface area (Å²) >= 11 is 0. The van der Waals surface area contributed by atoms with Crippen LogP contribution in [0.15, 0.2) is 12.1 Å². The van der Waals surface area contributed by atoms with E-state index in [0.29, 0.717) is 17.1 Å². The molecule has 0 radical (unpaired) electrons. The first-order chi connectivity index (χ1) is 8.13. The number of ether oxygens (including phenoxy) is 2. The van der Waals surface area contributed by atoms with Crippen LogP contribution < -0.4 is 15.2 Å².